The molecule has 0 bridgehead atoms. The topological polar surface area (TPSA) is 142 Å². The minimum absolute atomic E-state index is 0.181. The van der Waals surface area contributed by atoms with Crippen molar-refractivity contribution in [2.45, 2.75) is 6.92 Å². The summed E-state index contributed by atoms with van der Waals surface area (Å²) in [5, 5.41) is 25.1. The molecule has 0 unspecified atom stereocenters. The van der Waals surface area contributed by atoms with Gasteiger partial charge in [0.2, 0.25) is 0 Å². The lowest BCUT2D eigenvalue weighted by atomic mass is 10.1. The van der Waals surface area contributed by atoms with E-state index in [0.29, 0.717) is 5.57 Å². The molecule has 0 heterocycles. The number of rotatable bonds is 4. The van der Waals surface area contributed by atoms with Crippen molar-refractivity contribution in [1.82, 2.24) is 0 Å². The summed E-state index contributed by atoms with van der Waals surface area (Å²) in [7, 11) is 0. The molecular formula is C14H9N3O7. The summed E-state index contributed by atoms with van der Waals surface area (Å²) in [6.45, 7) is 1.55. The maximum absolute atomic E-state index is 11.9. The van der Waals surface area contributed by atoms with Crippen LogP contribution >= 0.6 is 0 Å². The SMILES string of the molecule is CC1=C/C(=N/OC(=O)c2cc([N+](=O)[O-])cc([N+](=O)[O-])c2)C=CC1=O. The van der Waals surface area contributed by atoms with Crippen LogP contribution in [0, 0.1) is 20.2 Å². The molecule has 0 saturated carbocycles. The average Bonchev–Trinajstić information content (AvgIpc) is 2.55. The molecule has 0 amide bonds. The van der Waals surface area contributed by atoms with Gasteiger partial charge in [-0.1, -0.05) is 5.16 Å². The molecule has 122 valence electrons. The Balaban J connectivity index is 2.27. The Morgan fingerprint density at radius 3 is 2.17 bits per heavy atom. The number of nitro benzene ring substituents is 2. The molecule has 1 aliphatic carbocycles. The molecule has 1 aromatic carbocycles. The van der Waals surface area contributed by atoms with Gasteiger partial charge in [0.25, 0.3) is 11.4 Å². The number of non-ortho nitro benzene ring substituents is 2. The first kappa shape index (κ1) is 16.7. The Morgan fingerprint density at radius 1 is 1.08 bits per heavy atom. The maximum atomic E-state index is 11.9. The van der Waals surface area contributed by atoms with Gasteiger partial charge in [0.05, 0.1) is 21.5 Å². The molecule has 2 rings (SSSR count). The second-order valence-corrected chi connectivity index (χ2v) is 4.67. The summed E-state index contributed by atoms with van der Waals surface area (Å²) in [4.78, 5) is 47.6. The van der Waals surface area contributed by atoms with Gasteiger partial charge in [-0.05, 0) is 30.7 Å². The van der Waals surface area contributed by atoms with Gasteiger partial charge in [-0.25, -0.2) is 4.79 Å². The number of carbonyl (C=O) groups excluding carboxylic acids is 2. The Hall–Kier alpha value is -3.69. The first-order valence-corrected chi connectivity index (χ1v) is 6.42. The standard InChI is InChI=1S/C14H9N3O7/c1-8-4-10(2-3-13(8)18)15-24-14(19)9-5-11(16(20)21)7-12(6-9)17(22)23/h2-7H,1H3/b15-10+. The molecular weight excluding hydrogens is 322 g/mol. The van der Waals surface area contributed by atoms with Crippen LogP contribution in [0.4, 0.5) is 11.4 Å². The highest BCUT2D eigenvalue weighted by Crippen LogP contribution is 2.23. The van der Waals surface area contributed by atoms with Gasteiger partial charge >= 0.3 is 5.97 Å². The van der Waals surface area contributed by atoms with Gasteiger partial charge in [0.1, 0.15) is 5.71 Å². The van der Waals surface area contributed by atoms with Gasteiger partial charge in [-0.2, -0.15) is 0 Å². The number of carbonyl (C=O) groups is 2. The molecule has 0 radical (unpaired) electrons. The minimum atomic E-state index is -1.11. The summed E-state index contributed by atoms with van der Waals surface area (Å²) in [5.41, 5.74) is -1.07. The zero-order valence-corrected chi connectivity index (χ0v) is 12.2. The van der Waals surface area contributed by atoms with Crippen molar-refractivity contribution in [3.05, 3.63) is 67.8 Å². The zero-order valence-electron chi connectivity index (χ0n) is 12.2. The predicted molar refractivity (Wildman–Crippen MR) is 80.5 cm³/mol. The lowest BCUT2D eigenvalue weighted by molar-refractivity contribution is -0.394. The highest BCUT2D eigenvalue weighted by Gasteiger charge is 2.21. The van der Waals surface area contributed by atoms with Crippen LogP contribution < -0.4 is 0 Å². The number of hydrogen-bond donors (Lipinski definition) is 0. The summed E-state index contributed by atoms with van der Waals surface area (Å²) in [5.74, 6) is -1.32. The third-order valence-electron chi connectivity index (χ3n) is 2.95. The van der Waals surface area contributed by atoms with Crippen molar-refractivity contribution in [2.75, 3.05) is 0 Å². The Labute approximate surface area is 134 Å². The van der Waals surface area contributed by atoms with E-state index >= 15 is 0 Å². The molecule has 10 heteroatoms. The molecule has 0 spiro atoms. The third kappa shape index (κ3) is 3.74. The Bertz CT molecular complexity index is 820. The normalized spacial score (nSPS) is 15.1. The summed E-state index contributed by atoms with van der Waals surface area (Å²) >= 11 is 0. The van der Waals surface area contributed by atoms with Crippen LogP contribution in [-0.2, 0) is 9.63 Å². The van der Waals surface area contributed by atoms with Crippen LogP contribution in [0.1, 0.15) is 17.3 Å². The lowest BCUT2D eigenvalue weighted by Gasteiger charge is -2.03. The molecule has 0 fully saturated rings. The van der Waals surface area contributed by atoms with Crippen LogP contribution in [0.15, 0.2) is 47.2 Å². The van der Waals surface area contributed by atoms with Crippen LogP contribution in [0.5, 0.6) is 0 Å². The van der Waals surface area contributed by atoms with E-state index in [2.05, 4.69) is 9.99 Å². The van der Waals surface area contributed by atoms with Crippen molar-refractivity contribution >= 4 is 28.8 Å². The van der Waals surface area contributed by atoms with E-state index in [1.165, 1.54) is 18.2 Å². The number of nitrogens with zero attached hydrogens (tertiary/aromatic N) is 3. The van der Waals surface area contributed by atoms with E-state index in [1.54, 1.807) is 6.92 Å². The molecule has 0 aromatic heterocycles. The molecule has 24 heavy (non-hydrogen) atoms. The van der Waals surface area contributed by atoms with Gasteiger partial charge in [-0.15, -0.1) is 0 Å². The monoisotopic (exact) mass is 331 g/mol. The maximum Gasteiger partial charge on any atom is 0.366 e. The molecule has 10 nitrogen and oxygen atoms in total. The van der Waals surface area contributed by atoms with Gasteiger partial charge in [0, 0.05) is 12.1 Å². The first-order chi connectivity index (χ1) is 11.3. The lowest BCUT2D eigenvalue weighted by Crippen LogP contribution is -2.08. The number of allylic oxidation sites excluding steroid dienone is 4. The van der Waals surface area contributed by atoms with Crippen molar-refractivity contribution in [2.24, 2.45) is 5.16 Å². The second-order valence-electron chi connectivity index (χ2n) is 4.67. The third-order valence-corrected chi connectivity index (χ3v) is 2.95. The quantitative estimate of drug-likeness (QED) is 0.356. The van der Waals surface area contributed by atoms with E-state index in [0.717, 1.165) is 18.2 Å². The highest BCUT2D eigenvalue weighted by atomic mass is 16.7. The van der Waals surface area contributed by atoms with Gasteiger partial charge < -0.3 is 4.84 Å². The van der Waals surface area contributed by atoms with Gasteiger partial charge in [-0.3, -0.25) is 25.0 Å². The van der Waals surface area contributed by atoms with Crippen LogP contribution in [-0.4, -0.2) is 27.3 Å². The van der Waals surface area contributed by atoms with E-state index < -0.39 is 32.8 Å². The van der Waals surface area contributed by atoms with Crippen molar-refractivity contribution in [3.8, 4) is 0 Å². The largest absolute Gasteiger partial charge is 0.366 e. The van der Waals surface area contributed by atoms with Crippen molar-refractivity contribution in [1.29, 1.82) is 0 Å². The molecule has 1 aliphatic rings. The van der Waals surface area contributed by atoms with Crippen LogP contribution in [0.3, 0.4) is 0 Å². The Kier molecular flexibility index (Phi) is 4.59. The molecule has 0 aliphatic heterocycles. The average molecular weight is 331 g/mol. The van der Waals surface area contributed by atoms with E-state index in [9.17, 15) is 29.8 Å². The second kappa shape index (κ2) is 6.60. The number of benzene rings is 1. The predicted octanol–water partition coefficient (Wildman–Crippen LogP) is 2.10. The molecule has 0 N–H and O–H groups in total. The van der Waals surface area contributed by atoms with Crippen molar-refractivity contribution in [3.63, 3.8) is 0 Å². The fourth-order valence-electron chi connectivity index (χ4n) is 1.76. The first-order valence-electron chi connectivity index (χ1n) is 6.42. The molecule has 1 aromatic rings. The Morgan fingerprint density at radius 2 is 1.67 bits per heavy atom. The fraction of sp³-hybridized carbons (Fsp3) is 0.0714. The van der Waals surface area contributed by atoms with E-state index in [-0.39, 0.29) is 11.5 Å². The highest BCUT2D eigenvalue weighted by molar-refractivity contribution is 6.18. The van der Waals surface area contributed by atoms with E-state index in [4.69, 9.17) is 0 Å². The minimum Gasteiger partial charge on any atom is -0.312 e. The summed E-state index contributed by atoms with van der Waals surface area (Å²) < 4.78 is 0. The van der Waals surface area contributed by atoms with Crippen LogP contribution in [0.25, 0.3) is 0 Å². The smallest absolute Gasteiger partial charge is 0.312 e. The van der Waals surface area contributed by atoms with E-state index in [1.807, 2.05) is 0 Å². The number of nitro groups is 2. The van der Waals surface area contributed by atoms with Crippen LogP contribution in [0.2, 0.25) is 0 Å². The summed E-state index contributed by atoms with van der Waals surface area (Å²) in [6, 6.07) is 2.41. The van der Waals surface area contributed by atoms with Gasteiger partial charge in [0.15, 0.2) is 5.78 Å². The number of oxime groups is 1. The number of hydrogen-bond acceptors (Lipinski definition) is 8. The summed E-state index contributed by atoms with van der Waals surface area (Å²) in [6.07, 6.45) is 3.93. The molecule has 0 atom stereocenters. The molecule has 0 saturated heterocycles. The zero-order chi connectivity index (χ0) is 17.9. The number of ketones is 1. The fourth-order valence-corrected chi connectivity index (χ4v) is 1.76. The van der Waals surface area contributed by atoms with Crippen molar-refractivity contribution < 1.29 is 24.3 Å².